The zero-order chi connectivity index (χ0) is 9.14. The molecule has 1 aromatic rings. The van der Waals surface area contributed by atoms with Gasteiger partial charge in [-0.25, -0.2) is 4.79 Å². The van der Waals surface area contributed by atoms with Crippen LogP contribution in [0.5, 0.6) is 0 Å². The Morgan fingerprint density at radius 2 is 2.33 bits per heavy atom. The fourth-order valence-corrected chi connectivity index (χ4v) is 0.711. The minimum Gasteiger partial charge on any atom is -0.475 e. The maximum absolute atomic E-state index is 10.7. The Kier molecular flexibility index (Phi) is 2.18. The standard InChI is InChI=1S/C6H7N3O3/c1-9-4(3-7-8-9)2-5(10)6(11)12/h3H,2H2,1H3,(H,11,12). The predicted molar refractivity (Wildman–Crippen MR) is 37.3 cm³/mol. The molecule has 0 radical (unpaired) electrons. The van der Waals surface area contributed by atoms with E-state index >= 15 is 0 Å². The van der Waals surface area contributed by atoms with Crippen LogP contribution in [0.15, 0.2) is 6.20 Å². The van der Waals surface area contributed by atoms with E-state index in [0.717, 1.165) is 0 Å². The first-order chi connectivity index (χ1) is 5.61. The van der Waals surface area contributed by atoms with Crippen molar-refractivity contribution in [3.8, 4) is 0 Å². The Hall–Kier alpha value is -1.72. The van der Waals surface area contributed by atoms with Crippen LogP contribution in [0, 0.1) is 0 Å². The molecule has 6 heteroatoms. The molecule has 0 aliphatic carbocycles. The zero-order valence-electron chi connectivity index (χ0n) is 6.39. The Morgan fingerprint density at radius 3 is 2.75 bits per heavy atom. The quantitative estimate of drug-likeness (QED) is 0.587. The third-order valence-corrected chi connectivity index (χ3v) is 1.39. The molecule has 0 spiro atoms. The molecule has 0 aliphatic rings. The van der Waals surface area contributed by atoms with Gasteiger partial charge in [0.1, 0.15) is 0 Å². The molecule has 0 unspecified atom stereocenters. The SMILES string of the molecule is Cn1nncc1CC(=O)C(=O)O. The van der Waals surface area contributed by atoms with Gasteiger partial charge in [0.05, 0.1) is 18.3 Å². The normalized spacial score (nSPS) is 9.75. The monoisotopic (exact) mass is 169 g/mol. The highest BCUT2D eigenvalue weighted by molar-refractivity contribution is 6.33. The van der Waals surface area contributed by atoms with Crippen molar-refractivity contribution in [2.75, 3.05) is 0 Å². The van der Waals surface area contributed by atoms with Crippen LogP contribution >= 0.6 is 0 Å². The molecule has 0 atom stereocenters. The summed E-state index contributed by atoms with van der Waals surface area (Å²) in [5.41, 5.74) is 0.488. The Bertz CT molecular complexity index is 318. The van der Waals surface area contributed by atoms with Crippen molar-refractivity contribution in [3.05, 3.63) is 11.9 Å². The lowest BCUT2D eigenvalue weighted by Gasteiger charge is -1.94. The topological polar surface area (TPSA) is 85.1 Å². The van der Waals surface area contributed by atoms with Gasteiger partial charge in [-0.2, -0.15) is 0 Å². The Labute approximate surface area is 67.8 Å². The molecular formula is C6H7N3O3. The molecular weight excluding hydrogens is 162 g/mol. The lowest BCUT2D eigenvalue weighted by molar-refractivity contribution is -0.148. The highest BCUT2D eigenvalue weighted by Gasteiger charge is 2.14. The van der Waals surface area contributed by atoms with E-state index in [9.17, 15) is 9.59 Å². The van der Waals surface area contributed by atoms with Crippen LogP contribution in [0.1, 0.15) is 5.69 Å². The summed E-state index contributed by atoms with van der Waals surface area (Å²) in [6.45, 7) is 0. The maximum Gasteiger partial charge on any atom is 0.372 e. The van der Waals surface area contributed by atoms with E-state index in [-0.39, 0.29) is 6.42 Å². The second kappa shape index (κ2) is 3.12. The molecule has 64 valence electrons. The minimum atomic E-state index is -1.43. The second-order valence-electron chi connectivity index (χ2n) is 2.25. The molecule has 0 saturated heterocycles. The zero-order valence-corrected chi connectivity index (χ0v) is 6.39. The first kappa shape index (κ1) is 8.38. The number of hydrogen-bond acceptors (Lipinski definition) is 4. The molecule has 12 heavy (non-hydrogen) atoms. The van der Waals surface area contributed by atoms with Crippen LogP contribution < -0.4 is 0 Å². The van der Waals surface area contributed by atoms with Crippen LogP contribution in [0.2, 0.25) is 0 Å². The number of ketones is 1. The van der Waals surface area contributed by atoms with Gasteiger partial charge in [0, 0.05) is 7.05 Å². The summed E-state index contributed by atoms with van der Waals surface area (Å²) in [5.74, 6) is -2.29. The molecule has 0 aliphatic heterocycles. The molecule has 0 amide bonds. The lowest BCUT2D eigenvalue weighted by atomic mass is 10.2. The van der Waals surface area contributed by atoms with Crippen molar-refractivity contribution in [1.82, 2.24) is 15.0 Å². The highest BCUT2D eigenvalue weighted by Crippen LogP contribution is 1.95. The van der Waals surface area contributed by atoms with Gasteiger partial charge in [0.2, 0.25) is 5.78 Å². The Balaban J connectivity index is 2.71. The van der Waals surface area contributed by atoms with Crippen LogP contribution in [0.3, 0.4) is 0 Å². The van der Waals surface area contributed by atoms with Crippen molar-refractivity contribution in [1.29, 1.82) is 0 Å². The number of rotatable bonds is 3. The van der Waals surface area contributed by atoms with Gasteiger partial charge in [-0.3, -0.25) is 9.48 Å². The number of nitrogens with zero attached hydrogens (tertiary/aromatic N) is 3. The van der Waals surface area contributed by atoms with Crippen molar-refractivity contribution in [2.24, 2.45) is 7.05 Å². The predicted octanol–water partition coefficient (Wildman–Crippen LogP) is -0.989. The van der Waals surface area contributed by atoms with E-state index in [1.165, 1.54) is 10.9 Å². The number of carboxylic acid groups (broad SMARTS) is 1. The van der Waals surface area contributed by atoms with Crippen molar-refractivity contribution >= 4 is 11.8 Å². The molecule has 0 fully saturated rings. The number of carbonyl (C=O) groups excluding carboxylic acids is 1. The van der Waals surface area contributed by atoms with Gasteiger partial charge in [-0.1, -0.05) is 5.21 Å². The van der Waals surface area contributed by atoms with Crippen LogP contribution in [-0.4, -0.2) is 31.9 Å². The molecule has 1 rings (SSSR count). The number of Topliss-reactive ketones (excluding diaryl/α,β-unsaturated/α-hetero) is 1. The van der Waals surface area contributed by atoms with Gasteiger partial charge < -0.3 is 5.11 Å². The molecule has 1 N–H and O–H groups in total. The number of carboxylic acids is 1. The average Bonchev–Trinajstić information content (AvgIpc) is 2.36. The van der Waals surface area contributed by atoms with E-state index in [4.69, 9.17) is 5.11 Å². The number of aliphatic carboxylic acids is 1. The fraction of sp³-hybridized carbons (Fsp3) is 0.333. The van der Waals surface area contributed by atoms with Crippen LogP contribution in [0.4, 0.5) is 0 Å². The van der Waals surface area contributed by atoms with E-state index < -0.39 is 11.8 Å². The fourth-order valence-electron chi connectivity index (χ4n) is 0.711. The largest absolute Gasteiger partial charge is 0.475 e. The summed E-state index contributed by atoms with van der Waals surface area (Å²) in [4.78, 5) is 20.8. The number of aryl methyl sites for hydroxylation is 1. The molecule has 0 aromatic carbocycles. The van der Waals surface area contributed by atoms with Crippen molar-refractivity contribution in [2.45, 2.75) is 6.42 Å². The van der Waals surface area contributed by atoms with Gasteiger partial charge in [0.25, 0.3) is 0 Å². The van der Waals surface area contributed by atoms with Gasteiger partial charge >= 0.3 is 5.97 Å². The summed E-state index contributed by atoms with van der Waals surface area (Å²) in [5, 5.41) is 15.3. The third-order valence-electron chi connectivity index (χ3n) is 1.39. The summed E-state index contributed by atoms with van der Waals surface area (Å²) in [6.07, 6.45) is 1.19. The van der Waals surface area contributed by atoms with E-state index in [2.05, 4.69) is 10.3 Å². The van der Waals surface area contributed by atoms with Crippen LogP contribution in [0.25, 0.3) is 0 Å². The van der Waals surface area contributed by atoms with Crippen molar-refractivity contribution < 1.29 is 14.7 Å². The molecule has 1 heterocycles. The number of carbonyl (C=O) groups is 2. The minimum absolute atomic E-state index is 0.168. The second-order valence-corrected chi connectivity index (χ2v) is 2.25. The highest BCUT2D eigenvalue weighted by atomic mass is 16.4. The van der Waals surface area contributed by atoms with Gasteiger partial charge in [-0.15, -0.1) is 5.10 Å². The summed E-state index contributed by atoms with van der Waals surface area (Å²) >= 11 is 0. The molecule has 0 saturated carbocycles. The number of hydrogen-bond donors (Lipinski definition) is 1. The van der Waals surface area contributed by atoms with Crippen LogP contribution in [-0.2, 0) is 23.1 Å². The first-order valence-electron chi connectivity index (χ1n) is 3.21. The van der Waals surface area contributed by atoms with E-state index in [1.54, 1.807) is 7.05 Å². The van der Waals surface area contributed by atoms with Gasteiger partial charge in [-0.05, 0) is 0 Å². The lowest BCUT2D eigenvalue weighted by Crippen LogP contribution is -2.16. The summed E-state index contributed by atoms with van der Waals surface area (Å²) in [7, 11) is 1.59. The summed E-state index contributed by atoms with van der Waals surface area (Å²) in [6, 6.07) is 0. The summed E-state index contributed by atoms with van der Waals surface area (Å²) < 4.78 is 1.36. The molecule has 1 aromatic heterocycles. The van der Waals surface area contributed by atoms with Gasteiger partial charge in [0.15, 0.2) is 0 Å². The third kappa shape index (κ3) is 1.66. The maximum atomic E-state index is 10.7. The van der Waals surface area contributed by atoms with E-state index in [1.807, 2.05) is 0 Å². The average molecular weight is 169 g/mol. The van der Waals surface area contributed by atoms with Crippen molar-refractivity contribution in [3.63, 3.8) is 0 Å². The Morgan fingerprint density at radius 1 is 1.67 bits per heavy atom. The molecule has 6 nitrogen and oxygen atoms in total. The first-order valence-corrected chi connectivity index (χ1v) is 3.21. The van der Waals surface area contributed by atoms with E-state index in [0.29, 0.717) is 5.69 Å². The smallest absolute Gasteiger partial charge is 0.372 e. The molecule has 0 bridgehead atoms. The number of aromatic nitrogens is 3.